The highest BCUT2D eigenvalue weighted by Crippen LogP contribution is 2.36. The van der Waals surface area contributed by atoms with E-state index in [0.29, 0.717) is 12.5 Å². The Morgan fingerprint density at radius 1 is 1.63 bits per heavy atom. The fourth-order valence-corrected chi connectivity index (χ4v) is 2.71. The molecule has 19 heavy (non-hydrogen) atoms. The molecule has 1 aliphatic rings. The summed E-state index contributed by atoms with van der Waals surface area (Å²) in [6.45, 7) is 2.86. The van der Waals surface area contributed by atoms with E-state index in [9.17, 15) is 4.79 Å². The Hall–Kier alpha value is -1.15. The Morgan fingerprint density at radius 2 is 2.42 bits per heavy atom. The molecule has 0 radical (unpaired) electrons. The molecule has 2 rings (SSSR count). The minimum Gasteiger partial charge on any atom is -0.368 e. The van der Waals surface area contributed by atoms with Crippen molar-refractivity contribution in [3.05, 3.63) is 0 Å². The highest BCUT2D eigenvalue weighted by atomic mass is 32.2. The van der Waals surface area contributed by atoms with Crippen LogP contribution in [0.15, 0.2) is 5.16 Å². The van der Waals surface area contributed by atoms with E-state index in [1.54, 1.807) is 11.8 Å². The largest absolute Gasteiger partial charge is 0.368 e. The average Bonchev–Trinajstić information content (AvgIpc) is 3.13. The molecule has 0 spiro atoms. The number of hydrogen-bond donors (Lipinski definition) is 2. The molecule has 0 saturated heterocycles. The number of carbonyl (C=O) groups is 1. The lowest BCUT2D eigenvalue weighted by Crippen LogP contribution is -2.42. The molecule has 1 fully saturated rings. The van der Waals surface area contributed by atoms with Crippen molar-refractivity contribution in [2.75, 3.05) is 12.3 Å². The van der Waals surface area contributed by atoms with Crippen molar-refractivity contribution < 1.29 is 4.79 Å². The first-order valence-electron chi connectivity index (χ1n) is 6.65. The monoisotopic (exact) mass is 284 g/mol. The number of nitrogens with two attached hydrogens (primary N) is 1. The quantitative estimate of drug-likeness (QED) is 0.635. The number of carbonyl (C=O) groups excluding carboxylic acids is 1. The summed E-state index contributed by atoms with van der Waals surface area (Å²) in [4.78, 5) is 11.3. The minimum atomic E-state index is -0.296. The SMILES string of the molecule is CCCNC(CCSc1nnnn1C1CC1)C(N)=O. The number of primary amides is 1. The smallest absolute Gasteiger partial charge is 0.234 e. The van der Waals surface area contributed by atoms with Gasteiger partial charge in [-0.2, -0.15) is 0 Å². The van der Waals surface area contributed by atoms with Gasteiger partial charge >= 0.3 is 0 Å². The van der Waals surface area contributed by atoms with Crippen LogP contribution in [0, 0.1) is 0 Å². The number of aromatic nitrogens is 4. The van der Waals surface area contributed by atoms with Crippen LogP contribution in [-0.2, 0) is 4.79 Å². The predicted octanol–water partition coefficient (Wildman–Crippen LogP) is 0.344. The van der Waals surface area contributed by atoms with Crippen molar-refractivity contribution >= 4 is 17.7 Å². The van der Waals surface area contributed by atoms with Gasteiger partial charge in [0.05, 0.1) is 12.1 Å². The molecule has 0 bridgehead atoms. The number of rotatable bonds is 9. The molecule has 1 aliphatic carbocycles. The molecule has 106 valence electrons. The van der Waals surface area contributed by atoms with E-state index in [1.807, 2.05) is 4.68 Å². The van der Waals surface area contributed by atoms with Crippen LogP contribution in [0.2, 0.25) is 0 Å². The van der Waals surface area contributed by atoms with Gasteiger partial charge in [0, 0.05) is 5.75 Å². The van der Waals surface area contributed by atoms with Crippen molar-refractivity contribution in [3.63, 3.8) is 0 Å². The fourth-order valence-electron chi connectivity index (χ4n) is 1.76. The molecule has 1 unspecified atom stereocenters. The molecule has 0 aliphatic heterocycles. The third-order valence-corrected chi connectivity index (χ3v) is 3.94. The Bertz CT molecular complexity index is 419. The predicted molar refractivity (Wildman–Crippen MR) is 72.7 cm³/mol. The molecule has 1 amide bonds. The van der Waals surface area contributed by atoms with Crippen molar-refractivity contribution in [1.29, 1.82) is 0 Å². The summed E-state index contributed by atoms with van der Waals surface area (Å²) in [5, 5.41) is 15.7. The summed E-state index contributed by atoms with van der Waals surface area (Å²) in [7, 11) is 0. The maximum absolute atomic E-state index is 11.3. The van der Waals surface area contributed by atoms with Crippen LogP contribution in [0.3, 0.4) is 0 Å². The Morgan fingerprint density at radius 3 is 3.05 bits per heavy atom. The first kappa shape index (κ1) is 14.3. The molecule has 3 N–H and O–H groups in total. The van der Waals surface area contributed by atoms with Gasteiger partial charge in [-0.3, -0.25) is 4.79 Å². The Balaban J connectivity index is 1.77. The topological polar surface area (TPSA) is 98.7 Å². The second kappa shape index (κ2) is 6.85. The fraction of sp³-hybridized carbons (Fsp3) is 0.818. The maximum atomic E-state index is 11.3. The van der Waals surface area contributed by atoms with Gasteiger partial charge in [-0.15, -0.1) is 5.10 Å². The van der Waals surface area contributed by atoms with Gasteiger partial charge < -0.3 is 11.1 Å². The van der Waals surface area contributed by atoms with Crippen LogP contribution in [0.5, 0.6) is 0 Å². The van der Waals surface area contributed by atoms with E-state index in [-0.39, 0.29) is 11.9 Å². The summed E-state index contributed by atoms with van der Waals surface area (Å²) in [6.07, 6.45) is 3.98. The van der Waals surface area contributed by atoms with Gasteiger partial charge in [-0.05, 0) is 42.7 Å². The van der Waals surface area contributed by atoms with Crippen LogP contribution in [0.4, 0.5) is 0 Å². The van der Waals surface area contributed by atoms with E-state index in [4.69, 9.17) is 5.73 Å². The van der Waals surface area contributed by atoms with Gasteiger partial charge in [-0.25, -0.2) is 4.68 Å². The molecule has 1 aromatic heterocycles. The standard InChI is InChI=1S/C11H20N6OS/c1-2-6-13-9(10(12)18)5-7-19-11-14-15-16-17(11)8-3-4-8/h8-9,13H,2-7H2,1H3,(H2,12,18). The first-order valence-corrected chi connectivity index (χ1v) is 7.64. The summed E-state index contributed by atoms with van der Waals surface area (Å²) >= 11 is 1.58. The van der Waals surface area contributed by atoms with Gasteiger partial charge in [0.15, 0.2) is 0 Å². The molecular formula is C11H20N6OS. The number of thioether (sulfide) groups is 1. The van der Waals surface area contributed by atoms with Gasteiger partial charge in [0.2, 0.25) is 11.1 Å². The molecule has 1 atom stereocenters. The Kier molecular flexibility index (Phi) is 5.15. The van der Waals surface area contributed by atoms with Gasteiger partial charge in [-0.1, -0.05) is 18.7 Å². The zero-order valence-electron chi connectivity index (χ0n) is 11.1. The van der Waals surface area contributed by atoms with Crippen LogP contribution in [-0.4, -0.2) is 44.5 Å². The molecule has 1 heterocycles. The van der Waals surface area contributed by atoms with E-state index in [2.05, 4.69) is 27.8 Å². The molecule has 7 nitrogen and oxygen atoms in total. The molecule has 0 aromatic carbocycles. The van der Waals surface area contributed by atoms with Crippen molar-refractivity contribution in [2.24, 2.45) is 5.73 Å². The zero-order valence-corrected chi connectivity index (χ0v) is 11.9. The first-order chi connectivity index (χ1) is 9.22. The lowest BCUT2D eigenvalue weighted by Gasteiger charge is -2.14. The van der Waals surface area contributed by atoms with Crippen LogP contribution < -0.4 is 11.1 Å². The van der Waals surface area contributed by atoms with Crippen molar-refractivity contribution in [2.45, 2.75) is 49.8 Å². The summed E-state index contributed by atoms with van der Waals surface area (Å²) < 4.78 is 1.88. The molecule has 8 heteroatoms. The lowest BCUT2D eigenvalue weighted by atomic mass is 10.2. The van der Waals surface area contributed by atoms with Crippen LogP contribution >= 0.6 is 11.8 Å². The summed E-state index contributed by atoms with van der Waals surface area (Å²) in [6, 6.07) is 0.209. The van der Waals surface area contributed by atoms with Gasteiger partial charge in [0.1, 0.15) is 0 Å². The third kappa shape index (κ3) is 4.17. The highest BCUT2D eigenvalue weighted by molar-refractivity contribution is 7.99. The molecular weight excluding hydrogens is 264 g/mol. The van der Waals surface area contributed by atoms with E-state index >= 15 is 0 Å². The van der Waals surface area contributed by atoms with E-state index in [1.165, 1.54) is 0 Å². The number of tetrazole rings is 1. The summed E-state index contributed by atoms with van der Waals surface area (Å²) in [5.41, 5.74) is 5.37. The third-order valence-electron chi connectivity index (χ3n) is 2.98. The number of nitrogens with one attached hydrogen (secondary N) is 1. The normalized spacial score (nSPS) is 16.5. The van der Waals surface area contributed by atoms with E-state index in [0.717, 1.165) is 36.7 Å². The second-order valence-electron chi connectivity index (χ2n) is 4.68. The minimum absolute atomic E-state index is 0.266. The lowest BCUT2D eigenvalue weighted by molar-refractivity contribution is -0.120. The van der Waals surface area contributed by atoms with Gasteiger partial charge in [0.25, 0.3) is 0 Å². The van der Waals surface area contributed by atoms with Crippen molar-refractivity contribution in [3.8, 4) is 0 Å². The van der Waals surface area contributed by atoms with Crippen molar-refractivity contribution in [1.82, 2.24) is 25.5 Å². The van der Waals surface area contributed by atoms with Crippen LogP contribution in [0.25, 0.3) is 0 Å². The Labute approximate surface area is 116 Å². The number of hydrogen-bond acceptors (Lipinski definition) is 6. The second-order valence-corrected chi connectivity index (χ2v) is 5.75. The average molecular weight is 284 g/mol. The zero-order chi connectivity index (χ0) is 13.7. The highest BCUT2D eigenvalue weighted by Gasteiger charge is 2.28. The number of amides is 1. The van der Waals surface area contributed by atoms with Crippen LogP contribution in [0.1, 0.15) is 38.6 Å². The number of nitrogens with zero attached hydrogens (tertiary/aromatic N) is 4. The molecule has 1 aromatic rings. The molecule has 1 saturated carbocycles. The maximum Gasteiger partial charge on any atom is 0.234 e. The summed E-state index contributed by atoms with van der Waals surface area (Å²) in [5.74, 6) is 0.480. The van der Waals surface area contributed by atoms with E-state index < -0.39 is 0 Å².